The van der Waals surface area contributed by atoms with Crippen molar-refractivity contribution in [2.75, 3.05) is 0 Å². The van der Waals surface area contributed by atoms with Crippen LogP contribution in [0.1, 0.15) is 127 Å². The molecule has 2 heterocycles. The first-order valence-corrected chi connectivity index (χ1v) is 25.5. The third-order valence-corrected chi connectivity index (χ3v) is 12.8. The van der Waals surface area contributed by atoms with Crippen LogP contribution in [0.2, 0.25) is 0 Å². The first-order chi connectivity index (χ1) is 34.7. The molecule has 6 aromatic rings. The average molecular weight is 1410 g/mol. The van der Waals surface area contributed by atoms with Gasteiger partial charge in [0.15, 0.2) is 11.6 Å². The third kappa shape index (κ3) is 22.5. The summed E-state index contributed by atoms with van der Waals surface area (Å²) in [5.74, 6) is -2.14. The van der Waals surface area contributed by atoms with Crippen molar-refractivity contribution in [1.82, 2.24) is 9.97 Å². The molecule has 418 valence electrons. The normalized spacial score (nSPS) is 12.5. The molecule has 0 saturated heterocycles. The Kier molecular flexibility index (Phi) is 29.7. The number of ketones is 2. The number of fused-ring (bicyclic) bond motifs is 2. The second-order valence-corrected chi connectivity index (χ2v) is 19.2. The van der Waals surface area contributed by atoms with Crippen molar-refractivity contribution in [3.63, 3.8) is 0 Å². The second-order valence-electron chi connectivity index (χ2n) is 19.2. The van der Waals surface area contributed by atoms with Crippen LogP contribution in [-0.4, -0.2) is 44.1 Å². The van der Waals surface area contributed by atoms with E-state index in [4.69, 9.17) is 15.1 Å². The van der Waals surface area contributed by atoms with Gasteiger partial charge in [-0.3, -0.25) is 19.6 Å². The Morgan fingerprint density at radius 3 is 1.26 bits per heavy atom. The second kappa shape index (κ2) is 32.7. The van der Waals surface area contributed by atoms with Gasteiger partial charge in [0, 0.05) is 75.0 Å². The smallest absolute Gasteiger partial charge is 0.391 e. The number of rotatable bonds is 16. The molecule has 2 atom stereocenters. The van der Waals surface area contributed by atoms with Crippen LogP contribution in [0, 0.1) is 63.5 Å². The van der Waals surface area contributed by atoms with Gasteiger partial charge in [0.1, 0.15) is 0 Å². The third-order valence-electron chi connectivity index (χ3n) is 12.8. The molecule has 0 aliphatic heterocycles. The monoisotopic (exact) mass is 1410 g/mol. The minimum Gasteiger partial charge on any atom is -0.512 e. The number of aryl methyl sites for hydroxylation is 6. The van der Waals surface area contributed by atoms with Crippen LogP contribution in [0.3, 0.4) is 0 Å². The number of halogens is 6. The number of aliphatic hydroxyl groups excluding tert-OH is 2. The number of pyridine rings is 2. The topological polar surface area (TPSA) is 100 Å². The summed E-state index contributed by atoms with van der Waals surface area (Å²) in [4.78, 5) is 31.2. The van der Waals surface area contributed by atoms with E-state index in [1.807, 2.05) is 128 Å². The van der Waals surface area contributed by atoms with Gasteiger partial charge in [0.05, 0.1) is 34.4 Å². The van der Waals surface area contributed by atoms with Gasteiger partial charge in [-0.25, -0.2) is 0 Å². The Balaban J connectivity index is 0.000000546. The fraction of sp³-hybridized carbons (Fsp3) is 0.419. The summed E-state index contributed by atoms with van der Waals surface area (Å²) in [5.41, 5.74) is 11.3. The molecular formula is C62H74F6Ir2N2O4-2. The molecule has 2 unspecified atom stereocenters. The summed E-state index contributed by atoms with van der Waals surface area (Å²) in [6.07, 6.45) is -1.29. The van der Waals surface area contributed by atoms with Crippen LogP contribution in [-0.2, 0) is 62.6 Å². The number of aromatic nitrogens is 2. The van der Waals surface area contributed by atoms with Crippen LogP contribution in [0.5, 0.6) is 0 Å². The Morgan fingerprint density at radius 1 is 0.579 bits per heavy atom. The minimum atomic E-state index is -4.14. The van der Waals surface area contributed by atoms with E-state index in [-0.39, 0.29) is 88.0 Å². The van der Waals surface area contributed by atoms with E-state index in [1.54, 1.807) is 0 Å². The largest absolute Gasteiger partial charge is 0.512 e. The molecule has 76 heavy (non-hydrogen) atoms. The number of allylic oxidation sites excluding steroid dienone is 4. The summed E-state index contributed by atoms with van der Waals surface area (Å²) >= 11 is 0. The maximum absolute atomic E-state index is 12.8. The number of aliphatic hydroxyl groups is 2. The number of hydrogen-bond acceptors (Lipinski definition) is 6. The zero-order valence-electron chi connectivity index (χ0n) is 45.7. The summed E-state index contributed by atoms with van der Waals surface area (Å²) < 4.78 is 76.5. The van der Waals surface area contributed by atoms with Crippen molar-refractivity contribution < 1.29 is 86.4 Å². The zero-order chi connectivity index (χ0) is 55.5. The van der Waals surface area contributed by atoms with Crippen molar-refractivity contribution >= 4 is 33.4 Å². The van der Waals surface area contributed by atoms with Crippen LogP contribution in [0.15, 0.2) is 109 Å². The van der Waals surface area contributed by atoms with E-state index in [2.05, 4.69) is 24.3 Å². The van der Waals surface area contributed by atoms with Crippen molar-refractivity contribution in [2.24, 2.45) is 23.7 Å². The van der Waals surface area contributed by atoms with Gasteiger partial charge in [-0.2, -0.15) is 26.3 Å². The molecule has 2 radical (unpaired) electrons. The van der Waals surface area contributed by atoms with Crippen molar-refractivity contribution in [3.8, 4) is 22.5 Å². The molecule has 0 spiro atoms. The van der Waals surface area contributed by atoms with E-state index in [0.717, 1.165) is 103 Å². The van der Waals surface area contributed by atoms with Gasteiger partial charge in [-0.15, -0.1) is 69.8 Å². The van der Waals surface area contributed by atoms with Crippen molar-refractivity contribution in [2.45, 2.75) is 147 Å². The number of benzene rings is 4. The first kappa shape index (κ1) is 69.0. The molecule has 4 aromatic carbocycles. The Labute approximate surface area is 474 Å². The molecule has 2 N–H and O–H groups in total. The molecule has 0 aliphatic rings. The zero-order valence-corrected chi connectivity index (χ0v) is 50.5. The number of nitrogens with zero attached hydrogens (tertiary/aromatic N) is 2. The Hall–Kier alpha value is -5.00. The van der Waals surface area contributed by atoms with E-state index in [0.29, 0.717) is 12.8 Å². The average Bonchev–Trinajstić information content (AvgIpc) is 3.31. The molecule has 0 saturated carbocycles. The molecule has 14 heteroatoms. The van der Waals surface area contributed by atoms with E-state index < -0.39 is 24.2 Å². The Morgan fingerprint density at radius 2 is 0.961 bits per heavy atom. The number of hydrogen-bond donors (Lipinski definition) is 2. The van der Waals surface area contributed by atoms with Gasteiger partial charge in [0.25, 0.3) is 0 Å². The maximum Gasteiger partial charge on any atom is 0.391 e. The minimum absolute atomic E-state index is 0. The molecule has 0 aliphatic carbocycles. The van der Waals surface area contributed by atoms with Crippen LogP contribution >= 0.6 is 0 Å². The van der Waals surface area contributed by atoms with Gasteiger partial charge in [-0.05, 0) is 99.9 Å². The van der Waals surface area contributed by atoms with Gasteiger partial charge >= 0.3 is 12.4 Å². The van der Waals surface area contributed by atoms with Crippen molar-refractivity contribution in [3.05, 3.63) is 154 Å². The van der Waals surface area contributed by atoms with Crippen LogP contribution < -0.4 is 0 Å². The molecule has 2 aromatic heterocycles. The molecule has 6 rings (SSSR count). The fourth-order valence-corrected chi connectivity index (χ4v) is 8.39. The summed E-state index contributed by atoms with van der Waals surface area (Å²) in [6, 6.07) is 33.9. The maximum atomic E-state index is 12.8. The number of carbonyl (C=O) groups excluding carboxylic acids is 2. The summed E-state index contributed by atoms with van der Waals surface area (Å²) in [6.45, 7) is 21.4. The molecule has 0 bridgehead atoms. The standard InChI is InChI=1S/2C22H21F3N.C13H24O2.C5H8O2.2Ir/c2*1-14-11-15(2)13-18(12-14)20-10-9-19-17(5-4-6-21(19)26-20)8-7-16(3)22(23,24)25;1-5-10(6-2)12(14)9-13(15)11(7-3)8-4;1-4(6)3-5(2)7;;/h2*4-6,9-12,16H,7-8H2,1-3H3;9-11,14H,5-8H2,1-4H3;3,6H,1-2H3;;/q2*-1;;;;. The quantitative estimate of drug-likeness (QED) is 0.0433. The molecule has 0 amide bonds. The van der Waals surface area contributed by atoms with E-state index in [9.17, 15) is 41.0 Å². The SMILES string of the molecule is CC(=O)C=C(C)O.CCC(CC)C(=O)C=C(O)C(CC)CC.Cc1[c-]c(-c2ccc3c(CCC(C)C(F)(F)F)cccc3n2)cc(C)c1.Cc1[c-]c(-c2ccc3c(CCC(C)C(F)(F)F)cccc3n2)cc(C)c1.[Ir].[Ir]. The number of alkyl halides is 6. The van der Waals surface area contributed by atoms with Crippen LogP contribution in [0.25, 0.3) is 44.3 Å². The molecule has 0 fully saturated rings. The number of carbonyl (C=O) groups is 2. The predicted octanol–water partition coefficient (Wildman–Crippen LogP) is 17.8. The summed E-state index contributed by atoms with van der Waals surface area (Å²) in [5, 5.41) is 19.9. The van der Waals surface area contributed by atoms with E-state index >= 15 is 0 Å². The summed E-state index contributed by atoms with van der Waals surface area (Å²) in [7, 11) is 0. The van der Waals surface area contributed by atoms with Crippen molar-refractivity contribution in [1.29, 1.82) is 0 Å². The van der Waals surface area contributed by atoms with Crippen LogP contribution in [0.4, 0.5) is 26.3 Å². The van der Waals surface area contributed by atoms with Gasteiger partial charge in [-0.1, -0.05) is 118 Å². The Bertz CT molecular complexity index is 2650. The molecular weight excluding hydrogens is 1340 g/mol. The van der Waals surface area contributed by atoms with E-state index in [1.165, 1.54) is 39.8 Å². The first-order valence-electron chi connectivity index (χ1n) is 25.5. The van der Waals surface area contributed by atoms with Gasteiger partial charge in [0.2, 0.25) is 0 Å². The predicted molar refractivity (Wildman–Crippen MR) is 289 cm³/mol. The molecule has 6 nitrogen and oxygen atoms in total. The fourth-order valence-electron chi connectivity index (χ4n) is 8.39. The van der Waals surface area contributed by atoms with Gasteiger partial charge < -0.3 is 10.2 Å².